The summed E-state index contributed by atoms with van der Waals surface area (Å²) >= 11 is 1.89. The molecule has 1 aromatic rings. The van der Waals surface area contributed by atoms with E-state index < -0.39 is 0 Å². The summed E-state index contributed by atoms with van der Waals surface area (Å²) in [5.41, 5.74) is 2.20. The first kappa shape index (κ1) is 14.5. The highest BCUT2D eigenvalue weighted by atomic mass is 32.2. The van der Waals surface area contributed by atoms with Gasteiger partial charge in [0.15, 0.2) is 0 Å². The Balaban J connectivity index is 2.82. The molecule has 0 fully saturated rings. The van der Waals surface area contributed by atoms with Crippen molar-refractivity contribution in [1.29, 1.82) is 0 Å². The fraction of sp³-hybridized carbons (Fsp3) is 0.571. The molecule has 0 radical (unpaired) electrons. The molecular weight excluding hydrogens is 233 g/mol. The van der Waals surface area contributed by atoms with Crippen LogP contribution in [0.1, 0.15) is 37.9 Å². The Morgan fingerprint density at radius 3 is 2.53 bits per heavy atom. The number of nitrogens with one attached hydrogen (secondary N) is 1. The lowest BCUT2D eigenvalue weighted by Crippen LogP contribution is -2.22. The smallest absolute Gasteiger partial charge is 0.123 e. The molecular formula is C14H22FNS. The third-order valence-corrected chi connectivity index (χ3v) is 4.01. The predicted octanol–water partition coefficient (Wildman–Crippen LogP) is 3.93. The lowest BCUT2D eigenvalue weighted by molar-refractivity contribution is 0.608. The van der Waals surface area contributed by atoms with Crippen molar-refractivity contribution in [3.05, 3.63) is 35.1 Å². The number of rotatable bonds is 4. The van der Waals surface area contributed by atoms with Gasteiger partial charge in [-0.15, -0.1) is 0 Å². The van der Waals surface area contributed by atoms with Gasteiger partial charge in [0.25, 0.3) is 0 Å². The molecule has 0 saturated carbocycles. The van der Waals surface area contributed by atoms with Crippen LogP contribution in [0.25, 0.3) is 0 Å². The fourth-order valence-corrected chi connectivity index (χ4v) is 2.66. The van der Waals surface area contributed by atoms with Crippen LogP contribution in [0.5, 0.6) is 0 Å². The highest BCUT2D eigenvalue weighted by Gasteiger charge is 2.17. The quantitative estimate of drug-likeness (QED) is 0.875. The minimum atomic E-state index is -0.161. The van der Waals surface area contributed by atoms with Crippen molar-refractivity contribution in [1.82, 2.24) is 5.32 Å². The summed E-state index contributed by atoms with van der Waals surface area (Å²) in [4.78, 5) is 0. The molecule has 0 bridgehead atoms. The Kier molecular flexibility index (Phi) is 5.02. The summed E-state index contributed by atoms with van der Waals surface area (Å²) in [6.45, 7) is 8.62. The number of hydrogen-bond acceptors (Lipinski definition) is 2. The van der Waals surface area contributed by atoms with Gasteiger partial charge < -0.3 is 5.32 Å². The molecule has 0 saturated heterocycles. The molecule has 0 amide bonds. The third-order valence-electron chi connectivity index (χ3n) is 2.65. The van der Waals surface area contributed by atoms with E-state index in [2.05, 4.69) is 26.1 Å². The summed E-state index contributed by atoms with van der Waals surface area (Å²) < 4.78 is 13.5. The molecule has 0 heterocycles. The topological polar surface area (TPSA) is 12.0 Å². The van der Waals surface area contributed by atoms with Gasteiger partial charge in [-0.2, -0.15) is 11.8 Å². The van der Waals surface area contributed by atoms with E-state index in [0.29, 0.717) is 0 Å². The van der Waals surface area contributed by atoms with Gasteiger partial charge in [-0.3, -0.25) is 0 Å². The monoisotopic (exact) mass is 255 g/mol. The summed E-state index contributed by atoms with van der Waals surface area (Å²) in [5.74, 6) is 0.788. The maximum Gasteiger partial charge on any atom is 0.123 e. The van der Waals surface area contributed by atoms with Crippen molar-refractivity contribution in [2.75, 3.05) is 12.8 Å². The third kappa shape index (κ3) is 4.68. The molecule has 0 aromatic heterocycles. The largest absolute Gasteiger partial charge is 0.312 e. The molecule has 1 nitrogen and oxygen atoms in total. The first-order chi connectivity index (χ1) is 7.83. The van der Waals surface area contributed by atoms with Crippen LogP contribution < -0.4 is 5.32 Å². The van der Waals surface area contributed by atoms with Crippen LogP contribution in [-0.2, 0) is 0 Å². The summed E-state index contributed by atoms with van der Waals surface area (Å²) in [7, 11) is 1.93. The number of aryl methyl sites for hydroxylation is 1. The first-order valence-corrected chi connectivity index (χ1v) is 6.89. The van der Waals surface area contributed by atoms with Crippen molar-refractivity contribution in [3.63, 3.8) is 0 Å². The second-order valence-corrected chi connectivity index (χ2v) is 7.11. The maximum absolute atomic E-state index is 13.3. The van der Waals surface area contributed by atoms with Gasteiger partial charge in [0.05, 0.1) is 0 Å². The Bertz CT molecular complexity index is 371. The second-order valence-electron chi connectivity index (χ2n) is 5.27. The van der Waals surface area contributed by atoms with Gasteiger partial charge in [-0.05, 0) is 37.2 Å². The molecule has 1 rings (SSSR count). The van der Waals surface area contributed by atoms with Crippen molar-refractivity contribution in [2.45, 2.75) is 38.5 Å². The van der Waals surface area contributed by atoms with Gasteiger partial charge in [0.2, 0.25) is 0 Å². The zero-order valence-electron chi connectivity index (χ0n) is 11.3. The molecule has 1 aromatic carbocycles. The van der Waals surface area contributed by atoms with E-state index in [-0.39, 0.29) is 16.6 Å². The average Bonchev–Trinajstić information content (AvgIpc) is 2.22. The molecule has 17 heavy (non-hydrogen) atoms. The normalized spacial score (nSPS) is 13.8. The lowest BCUT2D eigenvalue weighted by atomic mass is 10.0. The molecule has 1 N–H and O–H groups in total. The maximum atomic E-state index is 13.3. The standard InChI is InChI=1S/C14H22FNS/c1-10-6-7-11(15)8-12(10)13(16-5)9-17-14(2,3)4/h6-8,13,16H,9H2,1-5H3. The zero-order chi connectivity index (χ0) is 13.1. The van der Waals surface area contributed by atoms with E-state index in [0.717, 1.165) is 16.9 Å². The van der Waals surface area contributed by atoms with Crippen molar-refractivity contribution in [2.24, 2.45) is 0 Å². The molecule has 0 spiro atoms. The van der Waals surface area contributed by atoms with Crippen LogP contribution in [0.15, 0.2) is 18.2 Å². The minimum Gasteiger partial charge on any atom is -0.312 e. The molecule has 96 valence electrons. The van der Waals surface area contributed by atoms with E-state index in [1.807, 2.05) is 31.8 Å². The molecule has 0 aliphatic carbocycles. The Hall–Kier alpha value is -0.540. The van der Waals surface area contributed by atoms with Crippen LogP contribution in [0.2, 0.25) is 0 Å². The first-order valence-electron chi connectivity index (χ1n) is 5.91. The van der Waals surface area contributed by atoms with E-state index in [9.17, 15) is 4.39 Å². The van der Waals surface area contributed by atoms with Crippen LogP contribution in [0.4, 0.5) is 4.39 Å². The second kappa shape index (κ2) is 5.87. The fourth-order valence-electron chi connectivity index (χ4n) is 1.65. The summed E-state index contributed by atoms with van der Waals surface area (Å²) in [6.07, 6.45) is 0. The van der Waals surface area contributed by atoms with E-state index in [1.54, 1.807) is 6.07 Å². The van der Waals surface area contributed by atoms with Crippen molar-refractivity contribution < 1.29 is 4.39 Å². The number of benzene rings is 1. The van der Waals surface area contributed by atoms with E-state index in [4.69, 9.17) is 0 Å². The summed E-state index contributed by atoms with van der Waals surface area (Å²) in [6, 6.07) is 5.20. The van der Waals surface area contributed by atoms with Crippen molar-refractivity contribution in [3.8, 4) is 0 Å². The van der Waals surface area contributed by atoms with Gasteiger partial charge in [0.1, 0.15) is 5.82 Å². The van der Waals surface area contributed by atoms with Crippen molar-refractivity contribution >= 4 is 11.8 Å². The zero-order valence-corrected chi connectivity index (χ0v) is 12.1. The molecule has 1 atom stereocenters. The predicted molar refractivity (Wildman–Crippen MR) is 75.1 cm³/mol. The van der Waals surface area contributed by atoms with E-state index >= 15 is 0 Å². The van der Waals surface area contributed by atoms with Gasteiger partial charge in [0, 0.05) is 16.5 Å². The Morgan fingerprint density at radius 1 is 1.35 bits per heavy atom. The molecule has 3 heteroatoms. The Labute approximate surface area is 108 Å². The number of halogens is 1. The number of hydrogen-bond donors (Lipinski definition) is 1. The van der Waals surface area contributed by atoms with E-state index in [1.165, 1.54) is 6.07 Å². The van der Waals surface area contributed by atoms with Gasteiger partial charge in [-0.25, -0.2) is 4.39 Å². The highest BCUT2D eigenvalue weighted by Crippen LogP contribution is 2.29. The number of thioether (sulfide) groups is 1. The van der Waals surface area contributed by atoms with Gasteiger partial charge >= 0.3 is 0 Å². The Morgan fingerprint density at radius 2 is 2.00 bits per heavy atom. The molecule has 1 unspecified atom stereocenters. The van der Waals surface area contributed by atoms with Crippen LogP contribution >= 0.6 is 11.8 Å². The SMILES string of the molecule is CNC(CSC(C)(C)C)c1cc(F)ccc1C. The van der Waals surface area contributed by atoms with Crippen LogP contribution in [0, 0.1) is 12.7 Å². The minimum absolute atomic E-state index is 0.161. The summed E-state index contributed by atoms with van der Waals surface area (Å²) in [5, 5.41) is 3.27. The highest BCUT2D eigenvalue weighted by molar-refractivity contribution is 8.00. The molecule has 0 aliphatic rings. The average molecular weight is 255 g/mol. The molecule has 0 aliphatic heterocycles. The van der Waals surface area contributed by atoms with Crippen LogP contribution in [0.3, 0.4) is 0 Å². The van der Waals surface area contributed by atoms with Gasteiger partial charge in [-0.1, -0.05) is 26.8 Å². The lowest BCUT2D eigenvalue weighted by Gasteiger charge is -2.24. The van der Waals surface area contributed by atoms with Crippen LogP contribution in [-0.4, -0.2) is 17.5 Å².